The minimum Gasteiger partial charge on any atom is -0.481 e. The van der Waals surface area contributed by atoms with Crippen molar-refractivity contribution < 1.29 is 19.5 Å². The van der Waals surface area contributed by atoms with E-state index in [9.17, 15) is 14.4 Å². The van der Waals surface area contributed by atoms with Gasteiger partial charge < -0.3 is 15.7 Å². The van der Waals surface area contributed by atoms with Crippen LogP contribution in [0.4, 0.5) is 11.4 Å². The molecule has 8 heteroatoms. The van der Waals surface area contributed by atoms with E-state index in [0.717, 1.165) is 5.56 Å². The highest BCUT2D eigenvalue weighted by Crippen LogP contribution is 2.25. The molecule has 2 rings (SSSR count). The van der Waals surface area contributed by atoms with Crippen LogP contribution in [0.1, 0.15) is 12.0 Å². The smallest absolute Gasteiger partial charge is 0.314 e. The number of amides is 2. The molecule has 0 saturated heterocycles. The minimum atomic E-state index is -0.873. The van der Waals surface area contributed by atoms with Crippen LogP contribution in [0.3, 0.4) is 0 Å². The van der Waals surface area contributed by atoms with Crippen LogP contribution in [0.15, 0.2) is 46.9 Å². The fraction of sp³-hybridized carbons (Fsp3) is 0.118. The highest BCUT2D eigenvalue weighted by Gasteiger charge is 2.15. The summed E-state index contributed by atoms with van der Waals surface area (Å²) in [5.41, 5.74) is 1.69. The van der Waals surface area contributed by atoms with Crippen molar-refractivity contribution in [2.45, 2.75) is 12.8 Å². The van der Waals surface area contributed by atoms with Crippen LogP contribution >= 0.6 is 27.5 Å². The van der Waals surface area contributed by atoms with Gasteiger partial charge in [0.15, 0.2) is 0 Å². The van der Waals surface area contributed by atoms with Gasteiger partial charge in [-0.05, 0) is 58.2 Å². The Morgan fingerprint density at radius 3 is 2.24 bits per heavy atom. The lowest BCUT2D eigenvalue weighted by atomic mass is 10.1. The number of carbonyl (C=O) groups is 3. The molecule has 2 aromatic rings. The summed E-state index contributed by atoms with van der Waals surface area (Å²) >= 11 is 9.07. The number of hydrogen-bond acceptors (Lipinski definition) is 3. The Hall–Kier alpha value is -2.38. The zero-order valence-electron chi connectivity index (χ0n) is 12.9. The number of carbonyl (C=O) groups excluding carboxylic acids is 2. The van der Waals surface area contributed by atoms with Crippen LogP contribution in [-0.4, -0.2) is 22.9 Å². The molecule has 0 fully saturated rings. The normalized spacial score (nSPS) is 10.2. The number of rotatable bonds is 5. The maximum absolute atomic E-state index is 12.0. The van der Waals surface area contributed by atoms with E-state index in [1.54, 1.807) is 42.5 Å². The van der Waals surface area contributed by atoms with Crippen molar-refractivity contribution in [1.29, 1.82) is 0 Å². The lowest BCUT2D eigenvalue weighted by Gasteiger charge is -2.09. The van der Waals surface area contributed by atoms with Gasteiger partial charge in [-0.2, -0.15) is 0 Å². The Balaban J connectivity index is 1.94. The number of carboxylic acids is 1. The lowest BCUT2D eigenvalue weighted by molar-refractivity contribution is -0.137. The van der Waals surface area contributed by atoms with E-state index in [4.69, 9.17) is 16.7 Å². The second-order valence-electron chi connectivity index (χ2n) is 5.12. The summed E-state index contributed by atoms with van der Waals surface area (Å²) < 4.78 is 0.559. The Kier molecular flexibility index (Phi) is 6.55. The molecule has 0 atom stereocenters. The number of nitrogens with one attached hydrogen (secondary N) is 2. The van der Waals surface area contributed by atoms with Gasteiger partial charge in [0.2, 0.25) is 0 Å². The Bertz CT molecular complexity index is 809. The van der Waals surface area contributed by atoms with Crippen LogP contribution in [0.2, 0.25) is 5.02 Å². The predicted molar refractivity (Wildman–Crippen MR) is 98.8 cm³/mol. The van der Waals surface area contributed by atoms with Gasteiger partial charge in [-0.25, -0.2) is 0 Å². The summed E-state index contributed by atoms with van der Waals surface area (Å²) in [5, 5.41) is 14.1. The lowest BCUT2D eigenvalue weighted by Crippen LogP contribution is -2.29. The molecule has 130 valence electrons. The zero-order valence-corrected chi connectivity index (χ0v) is 15.2. The van der Waals surface area contributed by atoms with Crippen LogP contribution in [0, 0.1) is 0 Å². The van der Waals surface area contributed by atoms with Gasteiger partial charge in [0, 0.05) is 21.6 Å². The Morgan fingerprint density at radius 2 is 1.64 bits per heavy atom. The average Bonchev–Trinajstić information content (AvgIpc) is 2.56. The van der Waals surface area contributed by atoms with Crippen LogP contribution in [-0.2, 0) is 20.8 Å². The number of carboxylic acid groups (broad SMARTS) is 1. The van der Waals surface area contributed by atoms with E-state index >= 15 is 0 Å². The molecule has 2 aromatic carbocycles. The third-order valence-corrected chi connectivity index (χ3v) is 4.12. The molecule has 25 heavy (non-hydrogen) atoms. The van der Waals surface area contributed by atoms with E-state index in [1.165, 1.54) is 0 Å². The second kappa shape index (κ2) is 8.64. The molecule has 0 bridgehead atoms. The molecule has 6 nitrogen and oxygen atoms in total. The van der Waals surface area contributed by atoms with Crippen LogP contribution in [0.5, 0.6) is 0 Å². The molecular formula is C17H14BrClN2O4. The third kappa shape index (κ3) is 5.88. The molecule has 0 unspecified atom stereocenters. The molecule has 2 amide bonds. The average molecular weight is 426 g/mol. The maximum Gasteiger partial charge on any atom is 0.314 e. The van der Waals surface area contributed by atoms with Gasteiger partial charge in [0.05, 0.1) is 5.69 Å². The van der Waals surface area contributed by atoms with Crippen molar-refractivity contribution in [1.82, 2.24) is 0 Å². The largest absolute Gasteiger partial charge is 0.481 e. The molecule has 0 spiro atoms. The summed E-state index contributed by atoms with van der Waals surface area (Å²) in [7, 11) is 0. The highest BCUT2D eigenvalue weighted by atomic mass is 79.9. The number of hydrogen-bond donors (Lipinski definition) is 3. The monoisotopic (exact) mass is 424 g/mol. The summed E-state index contributed by atoms with van der Waals surface area (Å²) in [5.74, 6) is -2.51. The van der Waals surface area contributed by atoms with Crippen molar-refractivity contribution in [3.8, 4) is 0 Å². The van der Waals surface area contributed by atoms with Crippen molar-refractivity contribution in [2.24, 2.45) is 0 Å². The van der Waals surface area contributed by atoms with Crippen molar-refractivity contribution in [2.75, 3.05) is 10.6 Å². The Labute approximate surface area is 157 Å². The number of halogens is 2. The summed E-state index contributed by atoms with van der Waals surface area (Å²) in [6.07, 6.45) is 0.429. The number of anilines is 2. The topological polar surface area (TPSA) is 95.5 Å². The third-order valence-electron chi connectivity index (χ3n) is 3.22. The maximum atomic E-state index is 12.0. The highest BCUT2D eigenvalue weighted by molar-refractivity contribution is 9.10. The van der Waals surface area contributed by atoms with Crippen LogP contribution < -0.4 is 10.6 Å². The van der Waals surface area contributed by atoms with Gasteiger partial charge in [0.25, 0.3) is 0 Å². The molecular weight excluding hydrogens is 412 g/mol. The van der Waals surface area contributed by atoms with Crippen molar-refractivity contribution >= 4 is 56.7 Å². The van der Waals surface area contributed by atoms with Crippen molar-refractivity contribution in [3.63, 3.8) is 0 Å². The molecule has 0 aliphatic heterocycles. The molecule has 0 heterocycles. The zero-order chi connectivity index (χ0) is 18.4. The molecule has 0 aliphatic rings. The van der Waals surface area contributed by atoms with E-state index in [2.05, 4.69) is 26.6 Å². The number of benzene rings is 2. The molecule has 0 aromatic heterocycles. The number of aryl methyl sites for hydroxylation is 1. The number of aliphatic carboxylic acids is 1. The fourth-order valence-electron chi connectivity index (χ4n) is 1.96. The molecule has 3 N–H and O–H groups in total. The van der Waals surface area contributed by atoms with Gasteiger partial charge in [-0.3, -0.25) is 14.4 Å². The quantitative estimate of drug-likeness (QED) is 0.637. The summed E-state index contributed by atoms with van der Waals surface area (Å²) in [6, 6.07) is 11.4. The van der Waals surface area contributed by atoms with Gasteiger partial charge in [0.1, 0.15) is 0 Å². The molecule has 0 saturated carbocycles. The standard InChI is InChI=1S/C17H14BrClN2O4/c18-13-9-11(19)4-7-14(13)21-17(25)16(24)20-12-5-1-10(2-6-12)3-8-15(22)23/h1-2,4-7,9H,3,8H2,(H,20,24)(H,21,25)(H,22,23). The molecule has 0 radical (unpaired) electrons. The van der Waals surface area contributed by atoms with Gasteiger partial charge >= 0.3 is 17.8 Å². The van der Waals surface area contributed by atoms with Gasteiger partial charge in [-0.15, -0.1) is 0 Å². The molecule has 0 aliphatic carbocycles. The van der Waals surface area contributed by atoms with E-state index in [1.807, 2.05) is 0 Å². The first-order chi connectivity index (χ1) is 11.8. The first kappa shape index (κ1) is 19.0. The van der Waals surface area contributed by atoms with E-state index in [-0.39, 0.29) is 6.42 Å². The van der Waals surface area contributed by atoms with Gasteiger partial charge in [-0.1, -0.05) is 23.7 Å². The Morgan fingerprint density at radius 1 is 1.00 bits per heavy atom. The van der Waals surface area contributed by atoms with E-state index < -0.39 is 17.8 Å². The summed E-state index contributed by atoms with van der Waals surface area (Å²) in [4.78, 5) is 34.4. The fourth-order valence-corrected chi connectivity index (χ4v) is 2.75. The second-order valence-corrected chi connectivity index (χ2v) is 6.41. The predicted octanol–water partition coefficient (Wildman–Crippen LogP) is 3.70. The minimum absolute atomic E-state index is 0.0318. The first-order valence-corrected chi connectivity index (χ1v) is 8.40. The SMILES string of the molecule is O=C(O)CCc1ccc(NC(=O)C(=O)Nc2ccc(Cl)cc2Br)cc1. The summed E-state index contributed by atoms with van der Waals surface area (Å²) in [6.45, 7) is 0. The first-order valence-electron chi connectivity index (χ1n) is 7.23. The van der Waals surface area contributed by atoms with Crippen molar-refractivity contribution in [3.05, 3.63) is 57.5 Å². The van der Waals surface area contributed by atoms with E-state index in [0.29, 0.717) is 27.3 Å². The van der Waals surface area contributed by atoms with Crippen LogP contribution in [0.25, 0.3) is 0 Å².